The second kappa shape index (κ2) is 8.14. The molecule has 1 N–H and O–H groups in total. The number of hydrogen-bond donors (Lipinski definition) is 1. The van der Waals surface area contributed by atoms with Crippen molar-refractivity contribution >= 4 is 22.4 Å². The lowest BCUT2D eigenvalue weighted by atomic mass is 10.1. The zero-order valence-electron chi connectivity index (χ0n) is 14.7. The van der Waals surface area contributed by atoms with E-state index in [0.717, 1.165) is 0 Å². The van der Waals surface area contributed by atoms with Gasteiger partial charge in [-0.25, -0.2) is 0 Å². The van der Waals surface area contributed by atoms with Gasteiger partial charge in [-0.2, -0.15) is 0 Å². The van der Waals surface area contributed by atoms with Crippen LogP contribution in [0.2, 0.25) is 0 Å². The van der Waals surface area contributed by atoms with Crippen LogP contribution in [0, 0.1) is 0 Å². The van der Waals surface area contributed by atoms with Crippen molar-refractivity contribution in [1.82, 2.24) is 9.55 Å². The largest absolute Gasteiger partial charge is 0.486 e. The van der Waals surface area contributed by atoms with Crippen LogP contribution < -0.4 is 15.6 Å². The molecule has 0 unspecified atom stereocenters. The number of para-hydroxylation sites is 1. The number of allylic oxidation sites excluding steroid dienone is 1. The molecule has 3 aromatic rings. The lowest BCUT2D eigenvalue weighted by Crippen LogP contribution is -2.29. The van der Waals surface area contributed by atoms with Gasteiger partial charge in [-0.1, -0.05) is 36.9 Å². The van der Waals surface area contributed by atoms with Crippen molar-refractivity contribution in [2.24, 2.45) is 0 Å². The third-order valence-corrected chi connectivity index (χ3v) is 3.93. The van der Waals surface area contributed by atoms with Gasteiger partial charge in [0.2, 0.25) is 0 Å². The van der Waals surface area contributed by atoms with Gasteiger partial charge in [0.15, 0.2) is 11.4 Å². The molecule has 0 atom stereocenters. The minimum atomic E-state index is -0.446. The maximum absolute atomic E-state index is 13.1. The van der Waals surface area contributed by atoms with Crippen molar-refractivity contribution in [3.63, 3.8) is 0 Å². The van der Waals surface area contributed by atoms with E-state index in [1.165, 1.54) is 10.8 Å². The normalized spacial score (nSPS) is 10.4. The monoisotopic (exact) mass is 361 g/mol. The number of pyridine rings is 2. The molecule has 1 amide bonds. The zero-order chi connectivity index (χ0) is 19.2. The Bertz CT molecular complexity index is 1060. The standard InChI is InChI=1S/C21H19N3O3/c1-3-12-24-18(20(25)23-15-8-6-5-7-9-15)19(27-13-4-2)16-10-11-22-14-17(16)21(24)26/h3-11,14H,1-2,12-13H2,(H,23,25). The van der Waals surface area contributed by atoms with Gasteiger partial charge in [0.1, 0.15) is 6.61 Å². The van der Waals surface area contributed by atoms with Crippen molar-refractivity contribution in [2.45, 2.75) is 6.54 Å². The SMILES string of the molecule is C=CCOc1c(C(=O)Nc2ccccc2)n(CC=C)c(=O)c2cnccc12. The third kappa shape index (κ3) is 3.64. The van der Waals surface area contributed by atoms with Crippen molar-refractivity contribution in [3.05, 3.63) is 90.1 Å². The van der Waals surface area contributed by atoms with E-state index >= 15 is 0 Å². The first-order chi connectivity index (χ1) is 13.2. The molecule has 0 aliphatic carbocycles. The fourth-order valence-electron chi connectivity index (χ4n) is 2.79. The first-order valence-electron chi connectivity index (χ1n) is 8.39. The van der Waals surface area contributed by atoms with Gasteiger partial charge < -0.3 is 10.1 Å². The van der Waals surface area contributed by atoms with Crippen LogP contribution in [0.15, 0.2) is 78.9 Å². The van der Waals surface area contributed by atoms with E-state index in [1.54, 1.807) is 36.5 Å². The fraction of sp³-hybridized carbons (Fsp3) is 0.0952. The molecule has 6 heteroatoms. The van der Waals surface area contributed by atoms with Gasteiger partial charge in [0, 0.05) is 30.0 Å². The van der Waals surface area contributed by atoms with E-state index in [0.29, 0.717) is 22.2 Å². The summed E-state index contributed by atoms with van der Waals surface area (Å²) in [7, 11) is 0. The number of fused-ring (bicyclic) bond motifs is 1. The average molecular weight is 361 g/mol. The van der Waals surface area contributed by atoms with Crippen molar-refractivity contribution in [3.8, 4) is 5.75 Å². The molecule has 0 radical (unpaired) electrons. The number of carbonyl (C=O) groups is 1. The Morgan fingerprint density at radius 3 is 2.63 bits per heavy atom. The minimum Gasteiger partial charge on any atom is -0.486 e. The Balaban J connectivity index is 2.25. The van der Waals surface area contributed by atoms with E-state index in [-0.39, 0.29) is 24.4 Å². The van der Waals surface area contributed by atoms with Gasteiger partial charge in [-0.3, -0.25) is 19.1 Å². The molecule has 2 aromatic heterocycles. The van der Waals surface area contributed by atoms with Crippen LogP contribution in [-0.2, 0) is 6.54 Å². The zero-order valence-corrected chi connectivity index (χ0v) is 14.7. The highest BCUT2D eigenvalue weighted by molar-refractivity contribution is 6.08. The number of nitrogens with zero attached hydrogens (tertiary/aromatic N) is 2. The van der Waals surface area contributed by atoms with E-state index in [2.05, 4.69) is 23.5 Å². The van der Waals surface area contributed by atoms with Crippen LogP contribution in [0.3, 0.4) is 0 Å². The molecule has 6 nitrogen and oxygen atoms in total. The first kappa shape index (κ1) is 18.1. The van der Waals surface area contributed by atoms with Gasteiger partial charge in [-0.15, -0.1) is 6.58 Å². The summed E-state index contributed by atoms with van der Waals surface area (Å²) in [6, 6.07) is 10.7. The first-order valence-corrected chi connectivity index (χ1v) is 8.39. The quantitative estimate of drug-likeness (QED) is 0.655. The molecule has 27 heavy (non-hydrogen) atoms. The van der Waals surface area contributed by atoms with Gasteiger partial charge in [-0.05, 0) is 18.2 Å². The highest BCUT2D eigenvalue weighted by Crippen LogP contribution is 2.28. The summed E-state index contributed by atoms with van der Waals surface area (Å²) in [5, 5.41) is 3.70. The highest BCUT2D eigenvalue weighted by atomic mass is 16.5. The molecular weight excluding hydrogens is 342 g/mol. The Hall–Kier alpha value is -3.67. The topological polar surface area (TPSA) is 73.2 Å². The van der Waals surface area contributed by atoms with Crippen molar-refractivity contribution in [2.75, 3.05) is 11.9 Å². The number of amides is 1. The molecule has 0 bridgehead atoms. The van der Waals surface area contributed by atoms with Gasteiger partial charge >= 0.3 is 0 Å². The number of rotatable bonds is 7. The van der Waals surface area contributed by atoms with E-state index in [4.69, 9.17) is 4.74 Å². The Morgan fingerprint density at radius 1 is 1.15 bits per heavy atom. The van der Waals surface area contributed by atoms with Crippen LogP contribution in [0.25, 0.3) is 10.8 Å². The summed E-state index contributed by atoms with van der Waals surface area (Å²) < 4.78 is 7.14. The van der Waals surface area contributed by atoms with Crippen LogP contribution in [0.4, 0.5) is 5.69 Å². The number of anilines is 1. The fourth-order valence-corrected chi connectivity index (χ4v) is 2.79. The van der Waals surface area contributed by atoms with E-state index in [9.17, 15) is 9.59 Å². The summed E-state index contributed by atoms with van der Waals surface area (Å²) in [6.45, 7) is 7.69. The molecule has 0 aliphatic rings. The van der Waals surface area contributed by atoms with E-state index in [1.807, 2.05) is 18.2 Å². The molecule has 136 valence electrons. The molecular formula is C21H19N3O3. The van der Waals surface area contributed by atoms with Crippen molar-refractivity contribution < 1.29 is 9.53 Å². The molecule has 2 heterocycles. The maximum atomic E-state index is 13.1. The Morgan fingerprint density at radius 2 is 1.93 bits per heavy atom. The highest BCUT2D eigenvalue weighted by Gasteiger charge is 2.23. The second-order valence-electron chi connectivity index (χ2n) is 5.72. The van der Waals surface area contributed by atoms with Gasteiger partial charge in [0.25, 0.3) is 11.5 Å². The number of aromatic nitrogens is 2. The third-order valence-electron chi connectivity index (χ3n) is 3.93. The number of carbonyl (C=O) groups excluding carboxylic acids is 1. The second-order valence-corrected chi connectivity index (χ2v) is 5.72. The lowest BCUT2D eigenvalue weighted by Gasteiger charge is -2.18. The van der Waals surface area contributed by atoms with Gasteiger partial charge in [0.05, 0.1) is 5.39 Å². The molecule has 0 saturated heterocycles. The predicted molar refractivity (Wildman–Crippen MR) is 106 cm³/mol. The summed E-state index contributed by atoms with van der Waals surface area (Å²) in [5.41, 5.74) is 0.413. The van der Waals surface area contributed by atoms with Crippen LogP contribution in [-0.4, -0.2) is 22.1 Å². The number of nitrogens with one attached hydrogen (secondary N) is 1. The molecule has 0 fully saturated rings. The van der Waals surface area contributed by atoms with E-state index < -0.39 is 5.91 Å². The van der Waals surface area contributed by atoms with Crippen LogP contribution in [0.1, 0.15) is 10.5 Å². The molecule has 1 aromatic carbocycles. The number of ether oxygens (including phenoxy) is 1. The molecule has 0 aliphatic heterocycles. The summed E-state index contributed by atoms with van der Waals surface area (Å²) in [4.78, 5) is 30.0. The summed E-state index contributed by atoms with van der Waals surface area (Å²) in [6.07, 6.45) is 6.16. The van der Waals surface area contributed by atoms with Crippen molar-refractivity contribution in [1.29, 1.82) is 0 Å². The minimum absolute atomic E-state index is 0.129. The Labute approximate surface area is 156 Å². The number of benzene rings is 1. The summed E-state index contributed by atoms with van der Waals surface area (Å²) in [5.74, 6) is -0.139. The Kier molecular flexibility index (Phi) is 5.47. The molecule has 0 spiro atoms. The smallest absolute Gasteiger partial charge is 0.276 e. The molecule has 3 rings (SSSR count). The predicted octanol–water partition coefficient (Wildman–Crippen LogP) is 3.40. The number of hydrogen-bond acceptors (Lipinski definition) is 4. The lowest BCUT2D eigenvalue weighted by molar-refractivity contribution is 0.101. The van der Waals surface area contributed by atoms with Crippen LogP contribution in [0.5, 0.6) is 5.75 Å². The van der Waals surface area contributed by atoms with Crippen LogP contribution >= 0.6 is 0 Å². The summed E-state index contributed by atoms with van der Waals surface area (Å²) >= 11 is 0. The molecule has 0 saturated carbocycles. The maximum Gasteiger partial charge on any atom is 0.276 e. The average Bonchev–Trinajstić information content (AvgIpc) is 2.69.